The number of benzene rings is 3. The van der Waals surface area contributed by atoms with E-state index in [-0.39, 0.29) is 17.4 Å². The van der Waals surface area contributed by atoms with Crippen molar-refractivity contribution >= 4 is 27.6 Å². The summed E-state index contributed by atoms with van der Waals surface area (Å²) in [5.74, 6) is 1.15. The fourth-order valence-electron chi connectivity index (χ4n) is 4.82. The number of rotatable bonds is 7. The van der Waals surface area contributed by atoms with Gasteiger partial charge in [0.15, 0.2) is 23.0 Å². The number of aromatic carboxylic acids is 1. The monoisotopic (exact) mass is 568 g/mol. The van der Waals surface area contributed by atoms with E-state index in [4.69, 9.17) is 28.8 Å². The van der Waals surface area contributed by atoms with Gasteiger partial charge in [-0.1, -0.05) is 15.9 Å². The molecule has 2 aliphatic rings. The van der Waals surface area contributed by atoms with Crippen molar-refractivity contribution in [1.82, 2.24) is 5.01 Å². The topological polar surface area (TPSA) is 99.1 Å². The number of nitrogens with zero attached hydrogens (tertiary/aromatic N) is 2. The molecule has 1 N–H and O–H groups in total. The lowest BCUT2D eigenvalue weighted by Gasteiger charge is -2.38. The zero-order valence-electron chi connectivity index (χ0n) is 20.6. The van der Waals surface area contributed by atoms with Crippen LogP contribution in [0, 0.1) is 0 Å². The molecule has 0 radical (unpaired) electrons. The van der Waals surface area contributed by atoms with Gasteiger partial charge in [0, 0.05) is 27.6 Å². The number of carboxylic acid groups (broad SMARTS) is 1. The number of hydrogen-bond acceptors (Lipinski definition) is 8. The molecule has 0 amide bonds. The van der Waals surface area contributed by atoms with E-state index < -0.39 is 12.2 Å². The Kier molecular flexibility index (Phi) is 6.59. The van der Waals surface area contributed by atoms with Crippen molar-refractivity contribution in [2.75, 3.05) is 28.4 Å². The van der Waals surface area contributed by atoms with E-state index in [0.29, 0.717) is 35.0 Å². The molecule has 2 atom stereocenters. The van der Waals surface area contributed by atoms with Crippen molar-refractivity contribution in [1.29, 1.82) is 0 Å². The Balaban J connectivity index is 1.66. The first-order valence-corrected chi connectivity index (χ1v) is 12.2. The minimum Gasteiger partial charge on any atom is -0.493 e. The smallest absolute Gasteiger partial charge is 0.340 e. The number of ether oxygens (including phenoxy) is 5. The molecule has 192 valence electrons. The van der Waals surface area contributed by atoms with Gasteiger partial charge < -0.3 is 28.8 Å². The van der Waals surface area contributed by atoms with Crippen molar-refractivity contribution in [2.45, 2.75) is 18.7 Å². The number of hydrazone groups is 1. The van der Waals surface area contributed by atoms with Crippen LogP contribution in [0.1, 0.15) is 45.7 Å². The van der Waals surface area contributed by atoms with Crippen LogP contribution in [-0.4, -0.2) is 50.2 Å². The van der Waals surface area contributed by atoms with Crippen LogP contribution in [0.4, 0.5) is 0 Å². The molecule has 0 saturated heterocycles. The van der Waals surface area contributed by atoms with Gasteiger partial charge in [0.1, 0.15) is 11.3 Å². The third-order valence-electron chi connectivity index (χ3n) is 6.53. The van der Waals surface area contributed by atoms with Gasteiger partial charge in [-0.3, -0.25) is 0 Å². The summed E-state index contributed by atoms with van der Waals surface area (Å²) in [5, 5.41) is 16.9. The lowest BCUT2D eigenvalue weighted by Crippen LogP contribution is -2.34. The molecule has 9 nitrogen and oxygen atoms in total. The molecule has 10 heteroatoms. The van der Waals surface area contributed by atoms with E-state index in [2.05, 4.69) is 15.9 Å². The summed E-state index contributed by atoms with van der Waals surface area (Å²) in [4.78, 5) is 12.4. The van der Waals surface area contributed by atoms with Crippen LogP contribution in [0.3, 0.4) is 0 Å². The molecule has 0 spiro atoms. The molecule has 0 fully saturated rings. The first kappa shape index (κ1) is 24.8. The van der Waals surface area contributed by atoms with Gasteiger partial charge in [-0.05, 0) is 48.5 Å². The zero-order chi connectivity index (χ0) is 26.3. The summed E-state index contributed by atoms with van der Waals surface area (Å²) in [6.07, 6.45) is -0.240. The molecule has 3 aromatic rings. The molecule has 2 aliphatic heterocycles. The fraction of sp³-hybridized carbons (Fsp3) is 0.259. The van der Waals surface area contributed by atoms with E-state index in [0.717, 1.165) is 21.3 Å². The van der Waals surface area contributed by atoms with Crippen molar-refractivity contribution < 1.29 is 33.6 Å². The highest BCUT2D eigenvalue weighted by atomic mass is 79.9. The van der Waals surface area contributed by atoms with E-state index in [1.165, 1.54) is 14.2 Å². The zero-order valence-corrected chi connectivity index (χ0v) is 22.2. The summed E-state index contributed by atoms with van der Waals surface area (Å²) < 4.78 is 29.0. The predicted molar refractivity (Wildman–Crippen MR) is 139 cm³/mol. The Morgan fingerprint density at radius 1 is 0.946 bits per heavy atom. The quantitative estimate of drug-likeness (QED) is 0.403. The molecule has 0 aliphatic carbocycles. The molecule has 37 heavy (non-hydrogen) atoms. The summed E-state index contributed by atoms with van der Waals surface area (Å²) >= 11 is 3.56. The van der Waals surface area contributed by atoms with Crippen molar-refractivity contribution in [2.24, 2.45) is 5.10 Å². The summed E-state index contributed by atoms with van der Waals surface area (Å²) in [6, 6.07) is 14.6. The Bertz CT molecular complexity index is 1410. The summed E-state index contributed by atoms with van der Waals surface area (Å²) in [5.41, 5.74) is 2.99. The van der Waals surface area contributed by atoms with Crippen LogP contribution < -0.4 is 23.7 Å². The molecule has 0 unspecified atom stereocenters. The summed E-state index contributed by atoms with van der Waals surface area (Å²) in [6.45, 7) is 0. The van der Waals surface area contributed by atoms with Crippen molar-refractivity contribution in [3.63, 3.8) is 0 Å². The second-order valence-corrected chi connectivity index (χ2v) is 9.35. The highest BCUT2D eigenvalue weighted by Crippen LogP contribution is 2.50. The summed E-state index contributed by atoms with van der Waals surface area (Å²) in [7, 11) is 6.05. The molecule has 0 bridgehead atoms. The maximum Gasteiger partial charge on any atom is 0.340 e. The third kappa shape index (κ3) is 4.21. The van der Waals surface area contributed by atoms with Gasteiger partial charge in [0.2, 0.25) is 6.23 Å². The van der Waals surface area contributed by atoms with Crippen molar-refractivity contribution in [3.8, 4) is 28.7 Å². The average molecular weight is 569 g/mol. The maximum absolute atomic E-state index is 12.4. The van der Waals surface area contributed by atoms with Gasteiger partial charge >= 0.3 is 5.97 Å². The molecule has 5 rings (SSSR count). The third-order valence-corrected chi connectivity index (χ3v) is 7.02. The normalized spacial score (nSPS) is 17.8. The van der Waals surface area contributed by atoms with E-state index in [1.807, 2.05) is 41.4 Å². The Labute approximate surface area is 222 Å². The highest BCUT2D eigenvalue weighted by Gasteiger charge is 2.43. The first-order chi connectivity index (χ1) is 17.9. The lowest BCUT2D eigenvalue weighted by molar-refractivity contribution is -0.0199. The Morgan fingerprint density at radius 3 is 2.35 bits per heavy atom. The minimum atomic E-state index is -1.16. The van der Waals surface area contributed by atoms with Crippen LogP contribution in [0.25, 0.3) is 0 Å². The van der Waals surface area contributed by atoms with Crippen LogP contribution in [0.5, 0.6) is 28.7 Å². The molecule has 3 aromatic carbocycles. The molecule has 0 saturated carbocycles. The Hall–Kier alpha value is -3.92. The Morgan fingerprint density at radius 2 is 1.68 bits per heavy atom. The van der Waals surface area contributed by atoms with Crippen LogP contribution in [-0.2, 0) is 0 Å². The number of carbonyl (C=O) groups is 1. The van der Waals surface area contributed by atoms with Gasteiger partial charge in [-0.25, -0.2) is 9.80 Å². The second kappa shape index (κ2) is 9.85. The number of methoxy groups -OCH3 is 4. The van der Waals surface area contributed by atoms with E-state index in [1.54, 1.807) is 26.4 Å². The predicted octanol–water partition coefficient (Wildman–Crippen LogP) is 5.42. The first-order valence-electron chi connectivity index (χ1n) is 11.4. The standard InChI is InChI=1S/C27H25BrN2O7/c1-33-21-8-5-14(11-23(21)35-3)18-13-19-17-12-15(28)6-9-20(17)37-26(30(19)29-18)16-7-10-22(34-2)25(36-4)24(16)27(31)32/h5-12,19,26H,13H2,1-4H3,(H,31,32)/t19-,26+/m0/s1. The van der Waals surface area contributed by atoms with Gasteiger partial charge in [-0.2, -0.15) is 5.10 Å². The number of halogens is 1. The van der Waals surface area contributed by atoms with Crippen LogP contribution in [0.2, 0.25) is 0 Å². The van der Waals surface area contributed by atoms with Gasteiger partial charge in [0.25, 0.3) is 0 Å². The SMILES string of the molecule is COc1ccc(C2=NN3[C@@H](c4ccc(OC)c(OC)c4C(=O)O)Oc4ccc(Br)cc4[C@@H]3C2)cc1OC. The highest BCUT2D eigenvalue weighted by molar-refractivity contribution is 9.10. The van der Waals surface area contributed by atoms with E-state index >= 15 is 0 Å². The molecule has 2 heterocycles. The molecule has 0 aromatic heterocycles. The number of hydrogen-bond donors (Lipinski definition) is 1. The van der Waals surface area contributed by atoms with Gasteiger partial charge in [0.05, 0.1) is 40.2 Å². The average Bonchev–Trinajstić information content (AvgIpc) is 3.37. The fourth-order valence-corrected chi connectivity index (χ4v) is 5.20. The lowest BCUT2D eigenvalue weighted by atomic mass is 9.95. The largest absolute Gasteiger partial charge is 0.493 e. The maximum atomic E-state index is 12.4. The molecular weight excluding hydrogens is 544 g/mol. The van der Waals surface area contributed by atoms with Crippen LogP contribution in [0.15, 0.2) is 58.1 Å². The van der Waals surface area contributed by atoms with E-state index in [9.17, 15) is 9.90 Å². The van der Waals surface area contributed by atoms with Crippen molar-refractivity contribution in [3.05, 3.63) is 75.3 Å². The minimum absolute atomic E-state index is 0.0408. The number of fused-ring (bicyclic) bond motifs is 3. The second-order valence-electron chi connectivity index (χ2n) is 8.44. The number of carboxylic acids is 1. The molecular formula is C27H25BrN2O7. The van der Waals surface area contributed by atoms with Crippen LogP contribution >= 0.6 is 15.9 Å². The van der Waals surface area contributed by atoms with Gasteiger partial charge in [-0.15, -0.1) is 0 Å².